The van der Waals surface area contributed by atoms with Crippen molar-refractivity contribution in [1.29, 1.82) is 0 Å². The fourth-order valence-corrected chi connectivity index (χ4v) is 2.50. The van der Waals surface area contributed by atoms with Crippen LogP contribution in [0.5, 0.6) is 0 Å². The number of piperidine rings is 1. The molecule has 0 aliphatic carbocycles. The summed E-state index contributed by atoms with van der Waals surface area (Å²) < 4.78 is 5.01. The van der Waals surface area contributed by atoms with Crippen LogP contribution in [-0.4, -0.2) is 46.7 Å². The molecule has 1 amide bonds. The highest BCUT2D eigenvalue weighted by molar-refractivity contribution is 7.80. The van der Waals surface area contributed by atoms with E-state index in [1.807, 2.05) is 19.1 Å². The van der Waals surface area contributed by atoms with Crippen molar-refractivity contribution in [3.05, 3.63) is 23.9 Å². The number of likely N-dealkylation sites (tertiary alicyclic amines) is 1. The quantitative estimate of drug-likeness (QED) is 0.825. The molecule has 3 N–H and O–H groups in total. The molecule has 0 unspecified atom stereocenters. The molecule has 2 rings (SSSR count). The molecule has 0 aromatic carbocycles. The second-order valence-electron chi connectivity index (χ2n) is 4.87. The van der Waals surface area contributed by atoms with Gasteiger partial charge in [0.15, 0.2) is 0 Å². The molecule has 0 saturated carbocycles. The molecule has 1 aromatic heterocycles. The number of carbonyl (C=O) groups excluding carboxylic acids is 1. The van der Waals surface area contributed by atoms with E-state index in [9.17, 15) is 4.79 Å². The van der Waals surface area contributed by atoms with Gasteiger partial charge < -0.3 is 20.7 Å². The van der Waals surface area contributed by atoms with E-state index in [4.69, 9.17) is 22.7 Å². The van der Waals surface area contributed by atoms with Crippen molar-refractivity contribution in [1.82, 2.24) is 9.88 Å². The molecule has 0 atom stereocenters. The summed E-state index contributed by atoms with van der Waals surface area (Å²) >= 11 is 5.03. The smallest absolute Gasteiger partial charge is 0.409 e. The minimum Gasteiger partial charge on any atom is -0.450 e. The molecule has 0 radical (unpaired) electrons. The predicted molar refractivity (Wildman–Crippen MR) is 85.4 cm³/mol. The van der Waals surface area contributed by atoms with Gasteiger partial charge in [-0.25, -0.2) is 9.78 Å². The molecule has 1 fully saturated rings. The summed E-state index contributed by atoms with van der Waals surface area (Å²) in [4.78, 5) is 18.0. The number of ether oxygens (including phenoxy) is 1. The van der Waals surface area contributed by atoms with Gasteiger partial charge in [-0.2, -0.15) is 0 Å². The number of hydrogen-bond donors (Lipinski definition) is 2. The number of aromatic nitrogens is 1. The van der Waals surface area contributed by atoms with E-state index in [0.29, 0.717) is 30.5 Å². The zero-order valence-electron chi connectivity index (χ0n) is 12.0. The maximum absolute atomic E-state index is 11.6. The number of amides is 1. The van der Waals surface area contributed by atoms with Crippen LogP contribution in [0.25, 0.3) is 0 Å². The van der Waals surface area contributed by atoms with Crippen molar-refractivity contribution < 1.29 is 9.53 Å². The molecular formula is C14H20N4O2S. The minimum absolute atomic E-state index is 0.238. The molecule has 6 nitrogen and oxygen atoms in total. The highest BCUT2D eigenvalue weighted by atomic mass is 32.1. The number of pyridine rings is 1. The van der Waals surface area contributed by atoms with E-state index < -0.39 is 0 Å². The van der Waals surface area contributed by atoms with Crippen molar-refractivity contribution in [3.8, 4) is 0 Å². The van der Waals surface area contributed by atoms with Crippen molar-refractivity contribution in [2.24, 2.45) is 5.73 Å². The molecular weight excluding hydrogens is 288 g/mol. The van der Waals surface area contributed by atoms with Crippen LogP contribution in [0.4, 0.5) is 10.6 Å². The summed E-state index contributed by atoms with van der Waals surface area (Å²) in [6.45, 7) is 3.56. The number of anilines is 1. The van der Waals surface area contributed by atoms with Crippen LogP contribution in [0.1, 0.15) is 25.3 Å². The molecule has 1 aliphatic heterocycles. The summed E-state index contributed by atoms with van der Waals surface area (Å²) in [7, 11) is 0. The fourth-order valence-electron chi connectivity index (χ4n) is 2.33. The first-order valence-corrected chi connectivity index (χ1v) is 7.45. The SMILES string of the molecule is CCOC(=O)N1CCC(Nc2ncccc2C(N)=S)CC1. The number of rotatable bonds is 4. The van der Waals surface area contributed by atoms with Crippen LogP contribution in [0.3, 0.4) is 0 Å². The number of nitrogens with two attached hydrogens (primary N) is 1. The largest absolute Gasteiger partial charge is 0.450 e. The molecule has 7 heteroatoms. The van der Waals surface area contributed by atoms with Crippen LogP contribution < -0.4 is 11.1 Å². The van der Waals surface area contributed by atoms with E-state index in [-0.39, 0.29) is 12.1 Å². The van der Waals surface area contributed by atoms with Gasteiger partial charge in [0, 0.05) is 25.3 Å². The van der Waals surface area contributed by atoms with E-state index in [1.165, 1.54) is 0 Å². The van der Waals surface area contributed by atoms with Gasteiger partial charge in [-0.3, -0.25) is 0 Å². The Morgan fingerprint density at radius 1 is 1.57 bits per heavy atom. The normalized spacial score (nSPS) is 15.6. The number of carbonyl (C=O) groups is 1. The van der Waals surface area contributed by atoms with Crippen LogP contribution in [-0.2, 0) is 4.74 Å². The first-order valence-electron chi connectivity index (χ1n) is 7.05. The van der Waals surface area contributed by atoms with Gasteiger partial charge in [-0.05, 0) is 31.9 Å². The van der Waals surface area contributed by atoms with Crippen LogP contribution >= 0.6 is 12.2 Å². The summed E-state index contributed by atoms with van der Waals surface area (Å²) in [5.41, 5.74) is 6.45. The first-order chi connectivity index (χ1) is 10.1. The fraction of sp³-hybridized carbons (Fsp3) is 0.500. The second kappa shape index (κ2) is 7.21. The Kier molecular flexibility index (Phi) is 5.32. The third-order valence-electron chi connectivity index (χ3n) is 3.43. The van der Waals surface area contributed by atoms with Gasteiger partial charge >= 0.3 is 6.09 Å². The van der Waals surface area contributed by atoms with Gasteiger partial charge in [-0.1, -0.05) is 12.2 Å². The number of thiocarbonyl (C=S) groups is 1. The van der Waals surface area contributed by atoms with Crippen LogP contribution in [0, 0.1) is 0 Å². The highest BCUT2D eigenvalue weighted by Gasteiger charge is 2.24. The lowest BCUT2D eigenvalue weighted by atomic mass is 10.1. The Hall–Kier alpha value is -1.89. The maximum atomic E-state index is 11.6. The standard InChI is InChI=1S/C14H20N4O2S/c1-2-20-14(19)18-8-5-10(6-9-18)17-13-11(12(15)21)4-3-7-16-13/h3-4,7,10H,2,5-6,8-9H2,1H3,(H2,15,21)(H,16,17). The number of nitrogens with one attached hydrogen (secondary N) is 1. The lowest BCUT2D eigenvalue weighted by molar-refractivity contribution is 0.0983. The zero-order valence-corrected chi connectivity index (χ0v) is 12.9. The van der Waals surface area contributed by atoms with Gasteiger partial charge in [0.05, 0.1) is 12.2 Å². The van der Waals surface area contributed by atoms with E-state index >= 15 is 0 Å². The van der Waals surface area contributed by atoms with Crippen LogP contribution in [0.2, 0.25) is 0 Å². The molecule has 1 aliphatic rings. The third-order valence-corrected chi connectivity index (χ3v) is 3.65. The average Bonchev–Trinajstić information content (AvgIpc) is 2.48. The maximum Gasteiger partial charge on any atom is 0.409 e. The summed E-state index contributed by atoms with van der Waals surface area (Å²) in [6, 6.07) is 3.91. The molecule has 0 bridgehead atoms. The van der Waals surface area contributed by atoms with Gasteiger partial charge in [0.2, 0.25) is 0 Å². The lowest BCUT2D eigenvalue weighted by Crippen LogP contribution is -2.42. The monoisotopic (exact) mass is 308 g/mol. The van der Waals surface area contributed by atoms with Crippen molar-refractivity contribution >= 4 is 29.1 Å². The third kappa shape index (κ3) is 4.04. The van der Waals surface area contributed by atoms with Crippen molar-refractivity contribution in [2.45, 2.75) is 25.8 Å². The Balaban J connectivity index is 1.92. The minimum atomic E-state index is -0.238. The zero-order chi connectivity index (χ0) is 15.2. The Morgan fingerprint density at radius 3 is 2.90 bits per heavy atom. The Morgan fingerprint density at radius 2 is 2.29 bits per heavy atom. The Labute approximate surface area is 129 Å². The molecule has 0 spiro atoms. The molecule has 1 aromatic rings. The van der Waals surface area contributed by atoms with Crippen molar-refractivity contribution in [2.75, 3.05) is 25.0 Å². The van der Waals surface area contributed by atoms with Gasteiger partial charge in [0.25, 0.3) is 0 Å². The summed E-state index contributed by atoms with van der Waals surface area (Å²) in [5.74, 6) is 0.708. The van der Waals surface area contributed by atoms with Crippen LogP contribution in [0.15, 0.2) is 18.3 Å². The predicted octanol–water partition coefficient (Wildman–Crippen LogP) is 1.75. The molecule has 1 saturated heterocycles. The molecule has 21 heavy (non-hydrogen) atoms. The first kappa shape index (κ1) is 15.5. The van der Waals surface area contributed by atoms with E-state index in [2.05, 4.69) is 10.3 Å². The average molecular weight is 308 g/mol. The lowest BCUT2D eigenvalue weighted by Gasteiger charge is -2.32. The number of hydrogen-bond acceptors (Lipinski definition) is 5. The highest BCUT2D eigenvalue weighted by Crippen LogP contribution is 2.18. The Bertz CT molecular complexity index is 515. The second-order valence-corrected chi connectivity index (χ2v) is 5.31. The molecule has 2 heterocycles. The topological polar surface area (TPSA) is 80.5 Å². The van der Waals surface area contributed by atoms with Gasteiger partial charge in [-0.15, -0.1) is 0 Å². The van der Waals surface area contributed by atoms with E-state index in [0.717, 1.165) is 18.4 Å². The van der Waals surface area contributed by atoms with Crippen molar-refractivity contribution in [3.63, 3.8) is 0 Å². The summed E-state index contributed by atoms with van der Waals surface area (Å²) in [5, 5.41) is 3.36. The number of nitrogens with zero attached hydrogens (tertiary/aromatic N) is 2. The van der Waals surface area contributed by atoms with E-state index in [1.54, 1.807) is 11.1 Å². The molecule has 114 valence electrons. The van der Waals surface area contributed by atoms with Gasteiger partial charge in [0.1, 0.15) is 10.8 Å². The summed E-state index contributed by atoms with van der Waals surface area (Å²) in [6.07, 6.45) is 3.15.